The van der Waals surface area contributed by atoms with Crippen molar-refractivity contribution in [3.05, 3.63) is 121 Å². The zero-order valence-corrected chi connectivity index (χ0v) is 35.5. The smallest absolute Gasteiger partial charge is 0.318 e. The number of carbonyl (C=O) groups excluding carboxylic acids is 4. The summed E-state index contributed by atoms with van der Waals surface area (Å²) < 4.78 is 0. The number of aromatic amines is 2. The summed E-state index contributed by atoms with van der Waals surface area (Å²) in [6.45, 7) is 5.74. The molecule has 14 heteroatoms. The maximum Gasteiger partial charge on any atom is 0.318 e. The number of urea groups is 1. The van der Waals surface area contributed by atoms with Gasteiger partial charge in [0.05, 0.1) is 42.0 Å². The van der Waals surface area contributed by atoms with Crippen LogP contribution in [0.15, 0.2) is 103 Å². The zero-order chi connectivity index (χ0) is 43.6. The van der Waals surface area contributed by atoms with Crippen LogP contribution in [0.1, 0.15) is 81.3 Å². The van der Waals surface area contributed by atoms with Crippen LogP contribution >= 0.6 is 0 Å². The average Bonchev–Trinajstić information content (AvgIpc) is 4.17. The van der Waals surface area contributed by atoms with Crippen molar-refractivity contribution in [1.82, 2.24) is 45.3 Å². The van der Waals surface area contributed by atoms with Gasteiger partial charge in [0.1, 0.15) is 23.7 Å². The lowest BCUT2D eigenvalue weighted by Crippen LogP contribution is -2.48. The highest BCUT2D eigenvalue weighted by Gasteiger charge is 2.39. The molecule has 6 aromatic rings. The van der Waals surface area contributed by atoms with Gasteiger partial charge in [-0.25, -0.2) is 14.8 Å². The lowest BCUT2D eigenvalue weighted by Gasteiger charge is -2.30. The normalized spacial score (nSPS) is 19.7. The monoisotopic (exact) mass is 847 g/mol. The number of aliphatic hydroxyl groups excluding tert-OH is 1. The fraction of sp³-hybridized carbons (Fsp3) is 0.347. The van der Waals surface area contributed by atoms with Crippen molar-refractivity contribution in [2.45, 2.75) is 76.2 Å². The van der Waals surface area contributed by atoms with Crippen LogP contribution in [0.5, 0.6) is 0 Å². The van der Waals surface area contributed by atoms with Gasteiger partial charge in [0, 0.05) is 31.7 Å². The highest BCUT2D eigenvalue weighted by atomic mass is 16.3. The molecule has 5 atom stereocenters. The number of benzene rings is 4. The first-order valence-corrected chi connectivity index (χ1v) is 22.0. The molecule has 3 fully saturated rings. The molecule has 4 aromatic carbocycles. The van der Waals surface area contributed by atoms with E-state index in [0.29, 0.717) is 43.9 Å². The molecule has 324 valence electrons. The number of aromatic nitrogens is 4. The largest absolute Gasteiger partial charge is 0.391 e. The van der Waals surface area contributed by atoms with Gasteiger partial charge >= 0.3 is 6.03 Å². The van der Waals surface area contributed by atoms with Crippen molar-refractivity contribution in [2.24, 2.45) is 5.92 Å². The van der Waals surface area contributed by atoms with E-state index >= 15 is 0 Å². The topological polar surface area (TPSA) is 180 Å². The number of nitrogens with one attached hydrogen (secondary N) is 4. The molecule has 0 aliphatic carbocycles. The van der Waals surface area contributed by atoms with Crippen molar-refractivity contribution in [3.63, 3.8) is 0 Å². The summed E-state index contributed by atoms with van der Waals surface area (Å²) in [7, 11) is 0. The molecule has 2 aromatic heterocycles. The molecule has 9 rings (SSSR count). The molecule has 3 aliphatic heterocycles. The Hall–Kier alpha value is -6.80. The number of fused-ring (bicyclic) bond motifs is 1. The van der Waals surface area contributed by atoms with E-state index in [0.717, 1.165) is 75.9 Å². The van der Waals surface area contributed by atoms with Gasteiger partial charge in [0.2, 0.25) is 18.2 Å². The van der Waals surface area contributed by atoms with Gasteiger partial charge in [0.15, 0.2) is 0 Å². The van der Waals surface area contributed by atoms with Crippen LogP contribution in [0.4, 0.5) is 4.79 Å². The second-order valence-corrected chi connectivity index (χ2v) is 17.3. The van der Waals surface area contributed by atoms with Gasteiger partial charge in [-0.15, -0.1) is 0 Å². The number of β-amino-alcohol motifs (C(OH)–C–C–N with tert-alkyl or cyclic N) is 1. The third-order valence-electron chi connectivity index (χ3n) is 12.9. The molecule has 14 nitrogen and oxygen atoms in total. The second kappa shape index (κ2) is 17.9. The number of hydrogen-bond acceptors (Lipinski definition) is 7. The molecule has 0 radical (unpaired) electrons. The number of H-pyrrole nitrogens is 2. The lowest BCUT2D eigenvalue weighted by atomic mass is 9.98. The summed E-state index contributed by atoms with van der Waals surface area (Å²) in [5.41, 5.74) is 6.58. The first kappa shape index (κ1) is 41.5. The third-order valence-corrected chi connectivity index (χ3v) is 12.9. The van der Waals surface area contributed by atoms with Crippen molar-refractivity contribution >= 4 is 35.0 Å². The Kier molecular flexibility index (Phi) is 11.8. The number of hydrogen-bond donors (Lipinski definition) is 5. The van der Waals surface area contributed by atoms with E-state index in [1.54, 1.807) is 4.90 Å². The van der Waals surface area contributed by atoms with Gasteiger partial charge in [-0.3, -0.25) is 14.4 Å². The summed E-state index contributed by atoms with van der Waals surface area (Å²) >= 11 is 0. The van der Waals surface area contributed by atoms with Crippen molar-refractivity contribution in [2.75, 3.05) is 26.2 Å². The fourth-order valence-electron chi connectivity index (χ4n) is 9.41. The molecule has 0 unspecified atom stereocenters. The Morgan fingerprint density at radius 3 is 1.89 bits per heavy atom. The molecule has 5 N–H and O–H groups in total. The summed E-state index contributed by atoms with van der Waals surface area (Å²) in [6.07, 6.45) is 7.46. The van der Waals surface area contributed by atoms with Crippen LogP contribution in [-0.2, 0) is 14.4 Å². The third kappa shape index (κ3) is 8.55. The average molecular weight is 848 g/mol. The van der Waals surface area contributed by atoms with Crippen LogP contribution < -0.4 is 10.6 Å². The fourth-order valence-corrected chi connectivity index (χ4v) is 9.41. The van der Waals surface area contributed by atoms with Crippen molar-refractivity contribution in [3.8, 4) is 33.6 Å². The van der Waals surface area contributed by atoms with E-state index in [2.05, 4.69) is 81.3 Å². The highest BCUT2D eigenvalue weighted by molar-refractivity contribution is 5.91. The van der Waals surface area contributed by atoms with E-state index in [1.165, 1.54) is 0 Å². The first-order chi connectivity index (χ1) is 30.6. The molecular weight excluding hydrogens is 795 g/mol. The molecular formula is C49H53N9O5. The van der Waals surface area contributed by atoms with Crippen LogP contribution in [-0.4, -0.2) is 102 Å². The second-order valence-electron chi connectivity index (χ2n) is 17.3. The summed E-state index contributed by atoms with van der Waals surface area (Å²) in [5, 5.41) is 17.9. The molecule has 0 saturated carbocycles. The van der Waals surface area contributed by atoms with Gasteiger partial charge in [-0.2, -0.15) is 0 Å². The minimum Gasteiger partial charge on any atom is -0.391 e. The minimum atomic E-state index is -0.870. The standard InChI is InChI=1S/C49H53N9O5/c1-30(2)43(52-29-59)47(61)57-21-6-10-41(57)46-51-27-40(54-46)37-19-18-35-24-34(16-17-36(35)25-37)31-12-14-32(15-13-31)39-26-50-45(53-39)42-11-7-22-58(42)48(62)44(33-8-4-3-5-9-33)55-49(63)56-23-20-38(60)28-56/h3-5,8-9,12-19,24-27,29-30,38,41-44,60H,6-7,10-11,20-23,28H2,1-2H3,(H,50,53)(H,51,54)(H,52,59)(H,55,63)/t38-,41-,42-,43-,44+/m0/s1. The van der Waals surface area contributed by atoms with Crippen molar-refractivity contribution in [1.29, 1.82) is 0 Å². The SMILES string of the molecule is CC(C)[C@H](NC=O)C(=O)N1CCC[C@H]1c1ncc(-c2ccc3cc(-c4ccc(-c5cnc([C@@H]6CCCN6C(=O)[C@H](NC(=O)N6CC[C@H](O)C6)c6ccccc6)[nH]5)cc4)ccc3c2)[nH]1. The number of carbonyl (C=O) groups is 4. The Balaban J connectivity index is 0.870. The first-order valence-electron chi connectivity index (χ1n) is 22.0. The Bertz CT molecular complexity index is 2610. The van der Waals surface area contributed by atoms with E-state index in [1.807, 2.05) is 66.4 Å². The van der Waals surface area contributed by atoms with Crippen LogP contribution in [0.2, 0.25) is 0 Å². The summed E-state index contributed by atoms with van der Waals surface area (Å²) in [5.74, 6) is 1.17. The highest BCUT2D eigenvalue weighted by Crippen LogP contribution is 2.36. The minimum absolute atomic E-state index is 0.0264. The van der Waals surface area contributed by atoms with E-state index in [9.17, 15) is 24.3 Å². The molecule has 0 bridgehead atoms. The van der Waals surface area contributed by atoms with Gasteiger partial charge in [-0.05, 0) is 83.2 Å². The van der Waals surface area contributed by atoms with E-state index in [-0.39, 0.29) is 42.4 Å². The maximum atomic E-state index is 14.3. The number of nitrogens with zero attached hydrogens (tertiary/aromatic N) is 5. The Morgan fingerprint density at radius 2 is 1.29 bits per heavy atom. The summed E-state index contributed by atoms with van der Waals surface area (Å²) in [6, 6.07) is 28.2. The molecule has 63 heavy (non-hydrogen) atoms. The van der Waals surface area contributed by atoms with Gasteiger partial charge in [0.25, 0.3) is 0 Å². The van der Waals surface area contributed by atoms with Crippen LogP contribution in [0.3, 0.4) is 0 Å². The molecule has 5 amide bonds. The number of amides is 5. The van der Waals surface area contributed by atoms with Crippen LogP contribution in [0.25, 0.3) is 44.4 Å². The van der Waals surface area contributed by atoms with Crippen LogP contribution in [0, 0.1) is 5.92 Å². The van der Waals surface area contributed by atoms with E-state index in [4.69, 9.17) is 9.97 Å². The number of rotatable bonds is 12. The zero-order valence-electron chi connectivity index (χ0n) is 35.5. The Labute approximate surface area is 366 Å². The lowest BCUT2D eigenvalue weighted by molar-refractivity contribution is -0.137. The van der Waals surface area contributed by atoms with Crippen molar-refractivity contribution < 1.29 is 24.3 Å². The molecule has 0 spiro atoms. The quantitative estimate of drug-likeness (QED) is 0.0832. The number of likely N-dealkylation sites (tertiary alicyclic amines) is 3. The number of aliphatic hydroxyl groups is 1. The van der Waals surface area contributed by atoms with Gasteiger partial charge < -0.3 is 40.4 Å². The number of imidazole rings is 2. The molecule has 3 aliphatic rings. The van der Waals surface area contributed by atoms with Gasteiger partial charge in [-0.1, -0.05) is 92.7 Å². The molecule has 3 saturated heterocycles. The predicted octanol–water partition coefficient (Wildman–Crippen LogP) is 6.90. The summed E-state index contributed by atoms with van der Waals surface area (Å²) in [4.78, 5) is 73.8. The predicted molar refractivity (Wildman–Crippen MR) is 240 cm³/mol. The molecule has 5 heterocycles. The van der Waals surface area contributed by atoms with E-state index < -0.39 is 18.2 Å². The Morgan fingerprint density at radius 1 is 0.714 bits per heavy atom. The maximum absolute atomic E-state index is 14.3.